The number of ether oxygens (including phenoxy) is 1. The highest BCUT2D eigenvalue weighted by Gasteiger charge is 2.33. The van der Waals surface area contributed by atoms with E-state index >= 15 is 0 Å². The fraction of sp³-hybridized carbons (Fsp3) is 0.333. The minimum atomic E-state index is -3.11. The third-order valence-corrected chi connectivity index (χ3v) is 6.40. The van der Waals surface area contributed by atoms with Gasteiger partial charge in [0.15, 0.2) is 15.5 Å². The summed E-state index contributed by atoms with van der Waals surface area (Å²) < 4.78 is 44.3. The Kier molecular flexibility index (Phi) is 5.02. The van der Waals surface area contributed by atoms with Crippen molar-refractivity contribution in [3.8, 4) is 0 Å². The van der Waals surface area contributed by atoms with Gasteiger partial charge in [-0.2, -0.15) is 0 Å². The number of amides is 1. The van der Waals surface area contributed by atoms with Crippen LogP contribution < -0.4 is 4.90 Å². The molecule has 0 radical (unpaired) electrons. The summed E-state index contributed by atoms with van der Waals surface area (Å²) >= 11 is 0. The lowest BCUT2D eigenvalue weighted by atomic mass is 10.0. The van der Waals surface area contributed by atoms with E-state index in [4.69, 9.17) is 9.84 Å². The van der Waals surface area contributed by atoms with E-state index < -0.39 is 33.8 Å². The van der Waals surface area contributed by atoms with Crippen LogP contribution in [0.25, 0.3) is 5.57 Å². The van der Waals surface area contributed by atoms with Crippen molar-refractivity contribution in [2.45, 2.75) is 19.1 Å². The number of halogens is 1. The number of sulfone groups is 1. The SMILES string of the molecule is O=C(O)c1cn(CC2CN(c3ccc(C4=CCS(=O)(=O)CC4)c(F)c3)C(=O)O2)nn1. The summed E-state index contributed by atoms with van der Waals surface area (Å²) in [5, 5.41) is 16.1. The van der Waals surface area contributed by atoms with Gasteiger partial charge in [0.2, 0.25) is 0 Å². The third kappa shape index (κ3) is 4.03. The predicted molar refractivity (Wildman–Crippen MR) is 102 cm³/mol. The Hall–Kier alpha value is -3.28. The minimum absolute atomic E-state index is 0.0218. The van der Waals surface area contributed by atoms with Gasteiger partial charge in [-0.1, -0.05) is 11.3 Å². The number of aromatic nitrogens is 3. The molecule has 0 saturated carbocycles. The van der Waals surface area contributed by atoms with Crippen molar-refractivity contribution < 1.29 is 32.2 Å². The van der Waals surface area contributed by atoms with Gasteiger partial charge < -0.3 is 9.84 Å². The van der Waals surface area contributed by atoms with Crippen LogP contribution in [0.4, 0.5) is 14.9 Å². The van der Waals surface area contributed by atoms with Gasteiger partial charge in [0.05, 0.1) is 36.5 Å². The zero-order valence-corrected chi connectivity index (χ0v) is 16.4. The smallest absolute Gasteiger partial charge is 0.414 e. The molecule has 0 aliphatic carbocycles. The zero-order chi connectivity index (χ0) is 21.5. The molecule has 1 aromatic carbocycles. The van der Waals surface area contributed by atoms with Gasteiger partial charge >= 0.3 is 12.1 Å². The molecule has 2 aromatic rings. The van der Waals surface area contributed by atoms with Crippen molar-refractivity contribution in [3.63, 3.8) is 0 Å². The molecule has 12 heteroatoms. The molecule has 1 aromatic heterocycles. The Balaban J connectivity index is 1.47. The summed E-state index contributed by atoms with van der Waals surface area (Å²) in [4.78, 5) is 24.4. The molecule has 1 atom stereocenters. The third-order valence-electron chi connectivity index (χ3n) is 4.90. The molecule has 0 bridgehead atoms. The number of nitrogens with zero attached hydrogens (tertiary/aromatic N) is 4. The second-order valence-corrected chi connectivity index (χ2v) is 9.23. The second-order valence-electron chi connectivity index (χ2n) is 7.01. The number of aromatic carboxylic acids is 1. The summed E-state index contributed by atoms with van der Waals surface area (Å²) in [5.41, 5.74) is 1.01. The summed E-state index contributed by atoms with van der Waals surface area (Å²) in [6.45, 7) is 0.227. The Morgan fingerprint density at radius 1 is 1.37 bits per heavy atom. The number of anilines is 1. The molecule has 158 valence electrons. The molecule has 1 fully saturated rings. The van der Waals surface area contributed by atoms with Crippen LogP contribution in [0.5, 0.6) is 0 Å². The highest BCUT2D eigenvalue weighted by molar-refractivity contribution is 7.91. The molecule has 1 saturated heterocycles. The molecule has 10 nitrogen and oxygen atoms in total. The van der Waals surface area contributed by atoms with Gasteiger partial charge in [-0.25, -0.2) is 27.1 Å². The number of benzene rings is 1. The lowest BCUT2D eigenvalue weighted by Gasteiger charge is -2.17. The minimum Gasteiger partial charge on any atom is -0.476 e. The monoisotopic (exact) mass is 436 g/mol. The Bertz CT molecular complexity index is 1160. The molecule has 1 amide bonds. The summed E-state index contributed by atoms with van der Waals surface area (Å²) in [5.74, 6) is -1.91. The first-order valence-electron chi connectivity index (χ1n) is 9.03. The van der Waals surface area contributed by atoms with Gasteiger partial charge in [-0.15, -0.1) is 5.10 Å². The Morgan fingerprint density at radius 3 is 2.80 bits per heavy atom. The maximum atomic E-state index is 14.7. The Labute approximate surface area is 170 Å². The number of carboxylic acid groups (broad SMARTS) is 1. The highest BCUT2D eigenvalue weighted by Crippen LogP contribution is 2.30. The largest absolute Gasteiger partial charge is 0.476 e. The van der Waals surface area contributed by atoms with Crippen molar-refractivity contribution in [1.82, 2.24) is 15.0 Å². The predicted octanol–water partition coefficient (Wildman–Crippen LogP) is 1.34. The van der Waals surface area contributed by atoms with E-state index in [2.05, 4.69) is 10.3 Å². The van der Waals surface area contributed by atoms with Crippen LogP contribution >= 0.6 is 0 Å². The number of carboxylic acids is 1. The normalized spacial score (nSPS) is 20.7. The first kappa shape index (κ1) is 20.0. The highest BCUT2D eigenvalue weighted by atomic mass is 32.2. The summed E-state index contributed by atoms with van der Waals surface area (Å²) in [6.07, 6.45) is 1.71. The number of allylic oxidation sites excluding steroid dienone is 1. The van der Waals surface area contributed by atoms with Gasteiger partial charge in [0, 0.05) is 5.56 Å². The number of cyclic esters (lactones) is 1. The van der Waals surface area contributed by atoms with Crippen LogP contribution in [0.1, 0.15) is 22.5 Å². The standard InChI is InChI=1S/C18H17FN4O6S/c19-15-7-12(1-2-14(15)11-3-5-30(27,28)6-4-11)23-9-13(29-18(23)26)8-22-10-16(17(24)25)20-21-22/h1-3,7,10,13H,4-6,8-9H2,(H,24,25). The van der Waals surface area contributed by atoms with Crippen LogP contribution in [0.15, 0.2) is 30.5 Å². The Morgan fingerprint density at radius 2 is 2.17 bits per heavy atom. The molecule has 4 rings (SSSR count). The van der Waals surface area contributed by atoms with Crippen molar-refractivity contribution in [1.29, 1.82) is 0 Å². The quantitative estimate of drug-likeness (QED) is 0.743. The van der Waals surface area contributed by atoms with Crippen molar-refractivity contribution in [3.05, 3.63) is 47.5 Å². The van der Waals surface area contributed by atoms with Crippen LogP contribution in [-0.2, 0) is 21.1 Å². The number of carbonyl (C=O) groups is 2. The number of rotatable bonds is 5. The van der Waals surface area contributed by atoms with Crippen molar-refractivity contribution in [2.75, 3.05) is 23.0 Å². The van der Waals surface area contributed by atoms with Gasteiger partial charge in [0.1, 0.15) is 11.9 Å². The van der Waals surface area contributed by atoms with Crippen molar-refractivity contribution >= 4 is 33.2 Å². The van der Waals surface area contributed by atoms with E-state index in [0.717, 1.165) is 0 Å². The van der Waals surface area contributed by atoms with E-state index in [-0.39, 0.29) is 36.7 Å². The first-order valence-corrected chi connectivity index (χ1v) is 10.8. The molecule has 2 aliphatic heterocycles. The lowest BCUT2D eigenvalue weighted by Crippen LogP contribution is -2.26. The van der Waals surface area contributed by atoms with E-state index in [1.807, 2.05) is 0 Å². The summed E-state index contributed by atoms with van der Waals surface area (Å²) in [6, 6.07) is 4.30. The molecular formula is C18H17FN4O6S. The van der Waals surface area contributed by atoms with E-state index in [1.165, 1.54) is 34.0 Å². The average molecular weight is 436 g/mol. The molecule has 30 heavy (non-hydrogen) atoms. The molecule has 0 spiro atoms. The summed E-state index contributed by atoms with van der Waals surface area (Å²) in [7, 11) is -3.11. The molecule has 1 N–H and O–H groups in total. The van der Waals surface area contributed by atoms with E-state index in [9.17, 15) is 22.4 Å². The average Bonchev–Trinajstić information content (AvgIpc) is 3.29. The van der Waals surface area contributed by atoms with Crippen LogP contribution in [-0.4, -0.2) is 64.7 Å². The number of carbonyl (C=O) groups excluding carboxylic acids is 1. The fourth-order valence-corrected chi connectivity index (χ4v) is 4.53. The maximum Gasteiger partial charge on any atom is 0.414 e. The lowest BCUT2D eigenvalue weighted by molar-refractivity contribution is 0.0690. The van der Waals surface area contributed by atoms with Gasteiger partial charge in [-0.3, -0.25) is 4.90 Å². The second kappa shape index (κ2) is 7.52. The van der Waals surface area contributed by atoms with Gasteiger partial charge in [0.25, 0.3) is 0 Å². The van der Waals surface area contributed by atoms with E-state index in [0.29, 0.717) is 16.8 Å². The van der Waals surface area contributed by atoms with Crippen LogP contribution in [0.3, 0.4) is 0 Å². The fourth-order valence-electron chi connectivity index (χ4n) is 3.38. The van der Waals surface area contributed by atoms with E-state index in [1.54, 1.807) is 6.07 Å². The topological polar surface area (TPSA) is 132 Å². The van der Waals surface area contributed by atoms with Gasteiger partial charge in [-0.05, 0) is 30.2 Å². The molecular weight excluding hydrogens is 419 g/mol. The van der Waals surface area contributed by atoms with Crippen molar-refractivity contribution in [2.24, 2.45) is 0 Å². The van der Waals surface area contributed by atoms with Crippen LogP contribution in [0.2, 0.25) is 0 Å². The maximum absolute atomic E-state index is 14.7. The first-order chi connectivity index (χ1) is 14.2. The molecule has 3 heterocycles. The number of hydrogen-bond acceptors (Lipinski definition) is 7. The van der Waals surface area contributed by atoms with Crippen LogP contribution in [0, 0.1) is 5.82 Å². The molecule has 2 aliphatic rings. The zero-order valence-electron chi connectivity index (χ0n) is 15.6. The number of hydrogen-bond donors (Lipinski definition) is 1. The molecule has 1 unspecified atom stereocenters.